The maximum absolute atomic E-state index is 11.6. The van der Waals surface area contributed by atoms with Crippen LogP contribution in [0, 0.1) is 0 Å². The van der Waals surface area contributed by atoms with Crippen LogP contribution < -0.4 is 11.1 Å². The van der Waals surface area contributed by atoms with E-state index in [1.807, 2.05) is 0 Å². The number of nitrogens with two attached hydrogens (primary N) is 1. The van der Waals surface area contributed by atoms with Crippen molar-refractivity contribution >= 4 is 11.9 Å². The Morgan fingerprint density at radius 3 is 2.79 bits per heavy atom. The number of hydrogen-bond donors (Lipinski definition) is 2. The van der Waals surface area contributed by atoms with Gasteiger partial charge in [0.05, 0.1) is 0 Å². The average Bonchev–Trinajstić information content (AvgIpc) is 2.77. The highest BCUT2D eigenvalue weighted by Gasteiger charge is 2.13. The summed E-state index contributed by atoms with van der Waals surface area (Å²) in [6.45, 7) is 6.01. The first-order valence-corrected chi connectivity index (χ1v) is 6.46. The first-order chi connectivity index (χ1) is 9.13. The van der Waals surface area contributed by atoms with Gasteiger partial charge in [-0.15, -0.1) is 5.10 Å². The maximum atomic E-state index is 11.6. The van der Waals surface area contributed by atoms with Crippen LogP contribution in [-0.2, 0) is 11.3 Å². The first-order valence-electron chi connectivity index (χ1n) is 6.46. The smallest absolute Gasteiger partial charge is 0.241 e. The van der Waals surface area contributed by atoms with Gasteiger partial charge < -0.3 is 16.0 Å². The summed E-state index contributed by atoms with van der Waals surface area (Å²) in [6, 6.07) is 0. The molecule has 0 atom stereocenters. The average molecular weight is 267 g/mol. The van der Waals surface area contributed by atoms with Gasteiger partial charge in [0.2, 0.25) is 11.9 Å². The van der Waals surface area contributed by atoms with Crippen molar-refractivity contribution in [2.24, 2.45) is 0 Å². The van der Waals surface area contributed by atoms with Crippen LogP contribution >= 0.6 is 0 Å². The second-order valence-electron chi connectivity index (χ2n) is 4.80. The van der Waals surface area contributed by atoms with Crippen molar-refractivity contribution in [1.82, 2.24) is 29.9 Å². The second kappa shape index (κ2) is 6.48. The van der Waals surface area contributed by atoms with Crippen LogP contribution in [-0.4, -0.2) is 76.8 Å². The highest BCUT2D eigenvalue weighted by atomic mass is 16.2. The normalized spacial score (nSPS) is 17.5. The molecular weight excluding hydrogens is 246 g/mol. The monoisotopic (exact) mass is 267 g/mol. The van der Waals surface area contributed by atoms with Gasteiger partial charge in [0.15, 0.2) is 0 Å². The molecule has 8 nitrogen and oxygen atoms in total. The van der Waals surface area contributed by atoms with Crippen LogP contribution in [0.15, 0.2) is 6.33 Å². The molecule has 1 aromatic heterocycles. The third-order valence-electron chi connectivity index (χ3n) is 3.21. The van der Waals surface area contributed by atoms with E-state index in [0.29, 0.717) is 6.54 Å². The summed E-state index contributed by atoms with van der Waals surface area (Å²) in [7, 11) is 2.13. The van der Waals surface area contributed by atoms with Crippen molar-refractivity contribution in [2.45, 2.75) is 6.54 Å². The lowest BCUT2D eigenvalue weighted by Gasteiger charge is -2.32. The molecule has 1 aliphatic rings. The van der Waals surface area contributed by atoms with Crippen LogP contribution in [0.2, 0.25) is 0 Å². The minimum atomic E-state index is -0.0703. The lowest BCUT2D eigenvalue weighted by atomic mass is 10.3. The van der Waals surface area contributed by atoms with E-state index in [9.17, 15) is 4.79 Å². The molecule has 0 unspecified atom stereocenters. The molecule has 0 spiro atoms. The molecule has 3 N–H and O–H groups in total. The van der Waals surface area contributed by atoms with E-state index in [-0.39, 0.29) is 18.4 Å². The van der Waals surface area contributed by atoms with E-state index in [1.54, 1.807) is 0 Å². The molecule has 1 amide bonds. The number of piperazine rings is 1. The van der Waals surface area contributed by atoms with Gasteiger partial charge in [0.1, 0.15) is 12.9 Å². The molecule has 19 heavy (non-hydrogen) atoms. The van der Waals surface area contributed by atoms with E-state index in [4.69, 9.17) is 5.73 Å². The van der Waals surface area contributed by atoms with Crippen molar-refractivity contribution in [3.63, 3.8) is 0 Å². The molecule has 106 valence electrons. The van der Waals surface area contributed by atoms with Crippen LogP contribution in [0.1, 0.15) is 0 Å². The summed E-state index contributed by atoms with van der Waals surface area (Å²) in [5.41, 5.74) is 5.38. The number of anilines is 1. The topological polar surface area (TPSA) is 92.3 Å². The summed E-state index contributed by atoms with van der Waals surface area (Å²) in [6.07, 6.45) is 1.45. The highest BCUT2D eigenvalue weighted by Crippen LogP contribution is 1.97. The lowest BCUT2D eigenvalue weighted by Crippen LogP contribution is -2.47. The standard InChI is InChI=1S/C11H21N7O/c1-16-4-6-17(7-5-16)3-2-13-10(19)8-18-9-14-11(12)15-18/h9H,2-8H2,1H3,(H2,12,15)(H,13,19). The SMILES string of the molecule is CN1CCN(CCNC(=O)Cn2cnc(N)n2)CC1. The molecule has 0 bridgehead atoms. The van der Waals surface area contributed by atoms with Crippen molar-refractivity contribution in [1.29, 1.82) is 0 Å². The predicted molar refractivity (Wildman–Crippen MR) is 71.4 cm³/mol. The molecule has 1 aliphatic heterocycles. The number of likely N-dealkylation sites (N-methyl/N-ethyl adjacent to an activating group) is 1. The van der Waals surface area contributed by atoms with E-state index in [0.717, 1.165) is 32.7 Å². The van der Waals surface area contributed by atoms with Crippen LogP contribution in [0.4, 0.5) is 5.95 Å². The van der Waals surface area contributed by atoms with Crippen molar-refractivity contribution in [3.8, 4) is 0 Å². The van der Waals surface area contributed by atoms with E-state index in [2.05, 4.69) is 32.2 Å². The van der Waals surface area contributed by atoms with Crippen LogP contribution in [0.25, 0.3) is 0 Å². The van der Waals surface area contributed by atoms with Gasteiger partial charge in [0, 0.05) is 39.3 Å². The zero-order valence-electron chi connectivity index (χ0n) is 11.2. The first kappa shape index (κ1) is 13.8. The van der Waals surface area contributed by atoms with Gasteiger partial charge in [-0.2, -0.15) is 0 Å². The number of carbonyl (C=O) groups is 1. The summed E-state index contributed by atoms with van der Waals surface area (Å²) in [5, 5.41) is 6.74. The lowest BCUT2D eigenvalue weighted by molar-refractivity contribution is -0.121. The number of rotatable bonds is 5. The fourth-order valence-corrected chi connectivity index (χ4v) is 2.01. The zero-order chi connectivity index (χ0) is 13.7. The minimum Gasteiger partial charge on any atom is -0.367 e. The molecule has 0 aliphatic carbocycles. The number of nitrogens with one attached hydrogen (secondary N) is 1. The predicted octanol–water partition coefficient (Wildman–Crippen LogP) is -1.78. The van der Waals surface area contributed by atoms with Gasteiger partial charge in [-0.1, -0.05) is 0 Å². The molecular formula is C11H21N7O. The number of aromatic nitrogens is 3. The fraction of sp³-hybridized carbons (Fsp3) is 0.727. The van der Waals surface area contributed by atoms with E-state index < -0.39 is 0 Å². The van der Waals surface area contributed by atoms with E-state index in [1.165, 1.54) is 11.0 Å². The number of nitrogen functional groups attached to an aromatic ring is 1. The van der Waals surface area contributed by atoms with Gasteiger partial charge in [-0.3, -0.25) is 9.69 Å². The summed E-state index contributed by atoms with van der Waals surface area (Å²) < 4.78 is 1.43. The summed E-state index contributed by atoms with van der Waals surface area (Å²) >= 11 is 0. The van der Waals surface area contributed by atoms with Gasteiger partial charge >= 0.3 is 0 Å². The maximum Gasteiger partial charge on any atom is 0.241 e. The molecule has 1 fully saturated rings. The Balaban J connectivity index is 1.61. The van der Waals surface area contributed by atoms with Gasteiger partial charge in [0.25, 0.3) is 0 Å². The Labute approximate surface area is 112 Å². The minimum absolute atomic E-state index is 0.0703. The third kappa shape index (κ3) is 4.49. The van der Waals surface area contributed by atoms with Crippen molar-refractivity contribution in [2.75, 3.05) is 52.0 Å². The molecule has 2 heterocycles. The molecule has 2 rings (SSSR count). The van der Waals surface area contributed by atoms with Crippen molar-refractivity contribution in [3.05, 3.63) is 6.33 Å². The number of nitrogens with zero attached hydrogens (tertiary/aromatic N) is 5. The Hall–Kier alpha value is -1.67. The zero-order valence-corrected chi connectivity index (χ0v) is 11.2. The molecule has 0 aromatic carbocycles. The molecule has 0 saturated carbocycles. The van der Waals surface area contributed by atoms with E-state index >= 15 is 0 Å². The number of carbonyl (C=O) groups excluding carboxylic acids is 1. The van der Waals surface area contributed by atoms with Gasteiger partial charge in [-0.25, -0.2) is 9.67 Å². The fourth-order valence-electron chi connectivity index (χ4n) is 2.01. The Morgan fingerprint density at radius 2 is 2.16 bits per heavy atom. The molecule has 1 aromatic rings. The molecule has 0 radical (unpaired) electrons. The summed E-state index contributed by atoms with van der Waals surface area (Å²) in [4.78, 5) is 20.1. The Kier molecular flexibility index (Phi) is 4.69. The van der Waals surface area contributed by atoms with Crippen LogP contribution in [0.3, 0.4) is 0 Å². The molecule has 1 saturated heterocycles. The quantitative estimate of drug-likeness (QED) is 0.655. The number of amides is 1. The highest BCUT2D eigenvalue weighted by molar-refractivity contribution is 5.75. The number of hydrogen-bond acceptors (Lipinski definition) is 6. The Bertz CT molecular complexity index is 411. The largest absolute Gasteiger partial charge is 0.367 e. The van der Waals surface area contributed by atoms with Gasteiger partial charge in [-0.05, 0) is 7.05 Å². The third-order valence-corrected chi connectivity index (χ3v) is 3.21. The van der Waals surface area contributed by atoms with Crippen molar-refractivity contribution < 1.29 is 4.79 Å². The molecule has 8 heteroatoms. The summed E-state index contributed by atoms with van der Waals surface area (Å²) in [5.74, 6) is 0.115. The Morgan fingerprint density at radius 1 is 1.42 bits per heavy atom. The van der Waals surface area contributed by atoms with Crippen LogP contribution in [0.5, 0.6) is 0 Å². The second-order valence-corrected chi connectivity index (χ2v) is 4.80.